The van der Waals surface area contributed by atoms with E-state index < -0.39 is 11.8 Å². The van der Waals surface area contributed by atoms with E-state index in [-0.39, 0.29) is 11.6 Å². The maximum atomic E-state index is 13.5. The first-order chi connectivity index (χ1) is 15.9. The van der Waals surface area contributed by atoms with Crippen LogP contribution in [-0.2, 0) is 16.1 Å². The Kier molecular flexibility index (Phi) is 7.63. The van der Waals surface area contributed by atoms with E-state index in [9.17, 15) is 9.18 Å². The average molecular weight is 669 g/mol. The van der Waals surface area contributed by atoms with Crippen LogP contribution in [0.1, 0.15) is 23.6 Å². The van der Waals surface area contributed by atoms with Gasteiger partial charge in [0.15, 0.2) is 17.2 Å². The van der Waals surface area contributed by atoms with E-state index in [1.807, 2.05) is 37.3 Å². The maximum absolute atomic E-state index is 13.5. The quantitative estimate of drug-likeness (QED) is 0.167. The highest BCUT2D eigenvalue weighted by molar-refractivity contribution is 14.1. The van der Waals surface area contributed by atoms with Gasteiger partial charge in [-0.2, -0.15) is 0 Å². The Morgan fingerprint density at radius 1 is 1.06 bits per heavy atom. The van der Waals surface area contributed by atoms with Gasteiger partial charge in [-0.25, -0.2) is 14.2 Å². The third-order valence-electron chi connectivity index (χ3n) is 4.62. The van der Waals surface area contributed by atoms with Crippen molar-refractivity contribution < 1.29 is 23.4 Å². The van der Waals surface area contributed by atoms with Gasteiger partial charge in [0.05, 0.1) is 10.2 Å². The normalized spacial score (nSPS) is 14.2. The average Bonchev–Trinajstić information content (AvgIpc) is 3.15. The van der Waals surface area contributed by atoms with Gasteiger partial charge >= 0.3 is 5.97 Å². The molecule has 5 nitrogen and oxygen atoms in total. The fourth-order valence-electron chi connectivity index (χ4n) is 3.12. The van der Waals surface area contributed by atoms with Crippen molar-refractivity contribution in [1.82, 2.24) is 0 Å². The molecule has 0 saturated carbocycles. The second-order valence-corrected chi connectivity index (χ2v) is 9.43. The summed E-state index contributed by atoms with van der Waals surface area (Å²) in [5, 5.41) is 0. The van der Waals surface area contributed by atoms with Crippen LogP contribution in [0.5, 0.6) is 11.5 Å². The number of esters is 1. The molecule has 1 aliphatic rings. The number of ether oxygens (including phenoxy) is 3. The number of carbonyl (C=O) groups excluding carboxylic acids is 1. The van der Waals surface area contributed by atoms with Crippen molar-refractivity contribution in [2.24, 2.45) is 4.99 Å². The molecule has 0 bridgehead atoms. The van der Waals surface area contributed by atoms with Gasteiger partial charge in [-0.15, -0.1) is 0 Å². The zero-order chi connectivity index (χ0) is 23.4. The van der Waals surface area contributed by atoms with E-state index in [1.54, 1.807) is 18.2 Å². The summed E-state index contributed by atoms with van der Waals surface area (Å²) in [6, 6.07) is 17.5. The van der Waals surface area contributed by atoms with Crippen molar-refractivity contribution in [2.45, 2.75) is 13.5 Å². The molecule has 0 atom stereocenters. The van der Waals surface area contributed by atoms with Crippen LogP contribution in [0.2, 0.25) is 0 Å². The molecular weight excluding hydrogens is 651 g/mol. The van der Waals surface area contributed by atoms with Gasteiger partial charge in [-0.3, -0.25) is 0 Å². The topological polar surface area (TPSA) is 57.1 Å². The number of cyclic esters (lactones) is 1. The summed E-state index contributed by atoms with van der Waals surface area (Å²) in [7, 11) is 0. The lowest BCUT2D eigenvalue weighted by molar-refractivity contribution is -0.129. The van der Waals surface area contributed by atoms with Gasteiger partial charge in [0.25, 0.3) is 0 Å². The molecule has 0 spiro atoms. The summed E-state index contributed by atoms with van der Waals surface area (Å²) in [5.41, 5.74) is 2.28. The van der Waals surface area contributed by atoms with E-state index in [2.05, 4.69) is 50.2 Å². The summed E-state index contributed by atoms with van der Waals surface area (Å²) in [6.07, 6.45) is 1.61. The molecular formula is C25H18FI2NO4. The molecule has 168 valence electrons. The number of nitrogens with zero attached hydrogens (tertiary/aromatic N) is 1. The minimum Gasteiger partial charge on any atom is -0.490 e. The largest absolute Gasteiger partial charge is 0.490 e. The Labute approximate surface area is 217 Å². The van der Waals surface area contributed by atoms with E-state index in [4.69, 9.17) is 14.2 Å². The predicted molar refractivity (Wildman–Crippen MR) is 141 cm³/mol. The maximum Gasteiger partial charge on any atom is 0.363 e. The minimum atomic E-state index is -0.596. The van der Waals surface area contributed by atoms with E-state index >= 15 is 0 Å². The SMILES string of the molecule is CCOc1cc(/C=C2\N=C(c3cccc(F)c3)OC2=O)cc(I)c1OCc1ccc(I)cc1. The highest BCUT2D eigenvalue weighted by Crippen LogP contribution is 2.36. The molecule has 0 N–H and O–H groups in total. The fourth-order valence-corrected chi connectivity index (χ4v) is 4.26. The molecule has 8 heteroatoms. The summed E-state index contributed by atoms with van der Waals surface area (Å²) < 4.78 is 32.6. The first kappa shape index (κ1) is 23.7. The Bertz CT molecular complexity index is 1260. The third kappa shape index (κ3) is 5.91. The van der Waals surface area contributed by atoms with E-state index in [0.29, 0.717) is 35.8 Å². The van der Waals surface area contributed by atoms with Crippen molar-refractivity contribution in [2.75, 3.05) is 6.61 Å². The molecule has 0 aliphatic carbocycles. The highest BCUT2D eigenvalue weighted by Gasteiger charge is 2.25. The van der Waals surface area contributed by atoms with Crippen LogP contribution >= 0.6 is 45.2 Å². The second-order valence-electron chi connectivity index (χ2n) is 7.02. The molecule has 3 aromatic rings. The predicted octanol–water partition coefficient (Wildman–Crippen LogP) is 6.36. The fraction of sp³-hybridized carbons (Fsp3) is 0.120. The Hall–Kier alpha value is -2.47. The molecule has 1 heterocycles. The molecule has 4 rings (SSSR count). The smallest absolute Gasteiger partial charge is 0.363 e. The Morgan fingerprint density at radius 2 is 1.85 bits per heavy atom. The molecule has 33 heavy (non-hydrogen) atoms. The number of hydrogen-bond donors (Lipinski definition) is 0. The van der Waals surface area contributed by atoms with Gasteiger partial charge in [0.1, 0.15) is 12.4 Å². The van der Waals surface area contributed by atoms with E-state index in [1.165, 1.54) is 18.2 Å². The molecule has 0 radical (unpaired) electrons. The first-order valence-electron chi connectivity index (χ1n) is 10.0. The lowest BCUT2D eigenvalue weighted by atomic mass is 10.1. The van der Waals surface area contributed by atoms with Crippen molar-refractivity contribution in [3.63, 3.8) is 0 Å². The molecule has 0 aromatic heterocycles. The van der Waals surface area contributed by atoms with Crippen LogP contribution in [-0.4, -0.2) is 18.5 Å². The van der Waals surface area contributed by atoms with Gasteiger partial charge in [0, 0.05) is 9.13 Å². The summed E-state index contributed by atoms with van der Waals surface area (Å²) in [4.78, 5) is 16.6. The van der Waals surface area contributed by atoms with Crippen molar-refractivity contribution in [3.8, 4) is 11.5 Å². The molecule has 0 fully saturated rings. The van der Waals surface area contributed by atoms with Gasteiger partial charge in [-0.1, -0.05) is 18.2 Å². The number of carbonyl (C=O) groups is 1. The molecule has 3 aromatic carbocycles. The number of benzene rings is 3. The molecule has 1 aliphatic heterocycles. The van der Waals surface area contributed by atoms with Crippen LogP contribution in [0.25, 0.3) is 6.08 Å². The second kappa shape index (κ2) is 10.6. The van der Waals surface area contributed by atoms with Gasteiger partial charge < -0.3 is 14.2 Å². The van der Waals surface area contributed by atoms with E-state index in [0.717, 1.165) is 12.7 Å². The Balaban J connectivity index is 1.61. The summed E-state index contributed by atoms with van der Waals surface area (Å²) >= 11 is 4.44. The summed E-state index contributed by atoms with van der Waals surface area (Å²) in [6.45, 7) is 2.76. The Morgan fingerprint density at radius 3 is 2.58 bits per heavy atom. The molecule has 0 amide bonds. The van der Waals surface area contributed by atoms with Gasteiger partial charge in [0.2, 0.25) is 5.90 Å². The minimum absolute atomic E-state index is 0.0722. The number of hydrogen-bond acceptors (Lipinski definition) is 5. The van der Waals surface area contributed by atoms with Crippen molar-refractivity contribution >= 4 is 63.1 Å². The zero-order valence-electron chi connectivity index (χ0n) is 17.5. The van der Waals surface area contributed by atoms with Crippen molar-refractivity contribution in [3.05, 3.63) is 96.0 Å². The van der Waals surface area contributed by atoms with Crippen LogP contribution in [0.4, 0.5) is 4.39 Å². The standard InChI is InChI=1S/C25H18FI2NO4/c1-2-31-22-12-16(10-20(28)23(22)32-14-15-6-8-19(27)9-7-15)11-21-25(30)33-24(29-21)17-4-3-5-18(26)13-17/h3-13H,2,14H2,1H3/b21-11-. The lowest BCUT2D eigenvalue weighted by Crippen LogP contribution is -2.05. The van der Waals surface area contributed by atoms with Crippen molar-refractivity contribution in [1.29, 1.82) is 0 Å². The van der Waals surface area contributed by atoms with Crippen LogP contribution in [0.3, 0.4) is 0 Å². The number of aliphatic imine (C=N–C) groups is 1. The zero-order valence-corrected chi connectivity index (χ0v) is 21.8. The van der Waals surface area contributed by atoms with Crippen LogP contribution in [0.15, 0.2) is 71.4 Å². The molecule has 0 saturated heterocycles. The van der Waals surface area contributed by atoms with Crippen LogP contribution in [0, 0.1) is 13.0 Å². The number of halogens is 3. The third-order valence-corrected chi connectivity index (χ3v) is 6.14. The highest BCUT2D eigenvalue weighted by atomic mass is 127. The molecule has 0 unspecified atom stereocenters. The lowest BCUT2D eigenvalue weighted by Gasteiger charge is -2.15. The van der Waals surface area contributed by atoms with Crippen LogP contribution < -0.4 is 9.47 Å². The summed E-state index contributed by atoms with van der Waals surface area (Å²) in [5.74, 6) is 0.253. The first-order valence-corrected chi connectivity index (χ1v) is 12.2. The van der Waals surface area contributed by atoms with Gasteiger partial charge in [-0.05, 0) is 112 Å². The number of rotatable bonds is 7. The monoisotopic (exact) mass is 669 g/mol.